The van der Waals surface area contributed by atoms with Gasteiger partial charge in [-0.1, -0.05) is 53.5 Å². The highest BCUT2D eigenvalue weighted by Crippen LogP contribution is 2.14. The summed E-state index contributed by atoms with van der Waals surface area (Å²) in [5.74, 6) is 2.13. The van der Waals surface area contributed by atoms with Crippen molar-refractivity contribution in [2.45, 2.75) is 86.9 Å². The molecular formula is C20H40O2. The molecule has 0 aliphatic carbocycles. The Morgan fingerprint density at radius 3 is 1.64 bits per heavy atom. The lowest BCUT2D eigenvalue weighted by atomic mass is 10.0. The van der Waals surface area contributed by atoms with Crippen LogP contribution < -0.4 is 0 Å². The fourth-order valence-electron chi connectivity index (χ4n) is 2.09. The average molecular weight is 313 g/mol. The van der Waals surface area contributed by atoms with Crippen LogP contribution in [0.15, 0.2) is 11.6 Å². The second-order valence-corrected chi connectivity index (χ2v) is 7.77. The molecule has 0 unspecified atom stereocenters. The highest BCUT2D eigenvalue weighted by molar-refractivity contribution is 5.00. The number of hydrogen-bond donors (Lipinski definition) is 0. The van der Waals surface area contributed by atoms with E-state index in [4.69, 9.17) is 9.47 Å². The van der Waals surface area contributed by atoms with E-state index in [2.05, 4.69) is 54.5 Å². The molecule has 0 amide bonds. The fraction of sp³-hybridized carbons (Fsp3) is 0.900. The smallest absolute Gasteiger partial charge is 0.177 e. The summed E-state index contributed by atoms with van der Waals surface area (Å²) in [7, 11) is 0. The molecule has 0 N–H and O–H groups in total. The molecule has 0 rings (SSSR count). The highest BCUT2D eigenvalue weighted by atomic mass is 16.7. The van der Waals surface area contributed by atoms with Gasteiger partial charge in [-0.2, -0.15) is 0 Å². The largest absolute Gasteiger partial charge is 0.349 e. The van der Waals surface area contributed by atoms with Crippen LogP contribution in [0.4, 0.5) is 0 Å². The molecule has 2 nitrogen and oxygen atoms in total. The van der Waals surface area contributed by atoms with E-state index >= 15 is 0 Å². The van der Waals surface area contributed by atoms with E-state index in [1.165, 1.54) is 18.4 Å². The summed E-state index contributed by atoms with van der Waals surface area (Å²) >= 11 is 0. The van der Waals surface area contributed by atoms with Crippen LogP contribution in [0.2, 0.25) is 0 Å². The predicted octanol–water partition coefficient (Wildman–Crippen LogP) is 6.21. The van der Waals surface area contributed by atoms with Crippen LogP contribution in [0.1, 0.15) is 80.6 Å². The molecular weight excluding hydrogens is 272 g/mol. The molecule has 0 bridgehead atoms. The minimum absolute atomic E-state index is 0.170. The summed E-state index contributed by atoms with van der Waals surface area (Å²) in [5.41, 5.74) is 1.39. The number of rotatable bonds is 13. The number of ether oxygens (including phenoxy) is 2. The molecule has 0 radical (unpaired) electrons. The molecule has 22 heavy (non-hydrogen) atoms. The van der Waals surface area contributed by atoms with Crippen molar-refractivity contribution >= 4 is 0 Å². The first kappa shape index (κ1) is 21.7. The zero-order valence-corrected chi connectivity index (χ0v) is 16.2. The van der Waals surface area contributed by atoms with E-state index < -0.39 is 0 Å². The van der Waals surface area contributed by atoms with Crippen molar-refractivity contribution in [3.05, 3.63) is 11.6 Å². The van der Waals surface area contributed by atoms with E-state index in [-0.39, 0.29) is 6.29 Å². The van der Waals surface area contributed by atoms with Crippen molar-refractivity contribution in [3.8, 4) is 0 Å². The average Bonchev–Trinajstić information content (AvgIpc) is 2.36. The minimum Gasteiger partial charge on any atom is -0.349 e. The predicted molar refractivity (Wildman–Crippen MR) is 97.0 cm³/mol. The van der Waals surface area contributed by atoms with Gasteiger partial charge in [0.1, 0.15) is 0 Å². The van der Waals surface area contributed by atoms with Gasteiger partial charge in [-0.15, -0.1) is 0 Å². The summed E-state index contributed by atoms with van der Waals surface area (Å²) < 4.78 is 11.9. The van der Waals surface area contributed by atoms with Crippen molar-refractivity contribution in [3.63, 3.8) is 0 Å². The molecule has 0 heterocycles. The van der Waals surface area contributed by atoms with Crippen LogP contribution in [0, 0.1) is 17.8 Å². The van der Waals surface area contributed by atoms with Gasteiger partial charge in [0.2, 0.25) is 0 Å². The molecule has 0 aromatic rings. The fourth-order valence-corrected chi connectivity index (χ4v) is 2.09. The highest BCUT2D eigenvalue weighted by Gasteiger charge is 2.08. The standard InChI is InChI=1S/C20H40O2/c1-16(2)9-8-10-19(7)15-20(21-13-11-17(3)4)22-14-12-18(5)6/h15-18,20H,8-14H2,1-7H3. The Bertz CT molecular complexity index is 265. The van der Waals surface area contributed by atoms with Gasteiger partial charge in [0.15, 0.2) is 6.29 Å². The molecule has 132 valence electrons. The van der Waals surface area contributed by atoms with Crippen molar-refractivity contribution in [2.24, 2.45) is 17.8 Å². The van der Waals surface area contributed by atoms with Gasteiger partial charge in [0, 0.05) is 0 Å². The number of hydrogen-bond acceptors (Lipinski definition) is 2. The van der Waals surface area contributed by atoms with E-state index in [9.17, 15) is 0 Å². The summed E-state index contributed by atoms with van der Waals surface area (Å²) in [6, 6.07) is 0. The molecule has 0 aliphatic heterocycles. The second-order valence-electron chi connectivity index (χ2n) is 7.77. The van der Waals surface area contributed by atoms with Gasteiger partial charge < -0.3 is 9.47 Å². The summed E-state index contributed by atoms with van der Waals surface area (Å²) in [6.45, 7) is 17.2. The van der Waals surface area contributed by atoms with Crippen molar-refractivity contribution in [2.75, 3.05) is 13.2 Å². The molecule has 0 saturated carbocycles. The van der Waals surface area contributed by atoms with Gasteiger partial charge in [-0.05, 0) is 56.4 Å². The van der Waals surface area contributed by atoms with Crippen LogP contribution in [0.25, 0.3) is 0 Å². The lowest BCUT2D eigenvalue weighted by Crippen LogP contribution is -2.18. The lowest BCUT2D eigenvalue weighted by Gasteiger charge is -2.18. The third kappa shape index (κ3) is 14.6. The number of allylic oxidation sites excluding steroid dienone is 1. The quantitative estimate of drug-likeness (QED) is 0.297. The van der Waals surface area contributed by atoms with Gasteiger partial charge >= 0.3 is 0 Å². The van der Waals surface area contributed by atoms with Gasteiger partial charge in [0.05, 0.1) is 13.2 Å². The molecule has 0 spiro atoms. The van der Waals surface area contributed by atoms with Crippen LogP contribution in [0.3, 0.4) is 0 Å². The first-order chi connectivity index (χ1) is 10.3. The summed E-state index contributed by atoms with van der Waals surface area (Å²) in [5, 5.41) is 0. The van der Waals surface area contributed by atoms with Gasteiger partial charge in [0.25, 0.3) is 0 Å². The Morgan fingerprint density at radius 2 is 1.23 bits per heavy atom. The summed E-state index contributed by atoms with van der Waals surface area (Å²) in [6.07, 6.45) is 7.88. The Kier molecular flexibility index (Phi) is 12.9. The van der Waals surface area contributed by atoms with Crippen LogP contribution in [-0.4, -0.2) is 19.5 Å². The maximum Gasteiger partial charge on any atom is 0.177 e. The van der Waals surface area contributed by atoms with Crippen molar-refractivity contribution < 1.29 is 9.47 Å². The first-order valence-corrected chi connectivity index (χ1v) is 9.21. The van der Waals surface area contributed by atoms with Gasteiger partial charge in [-0.3, -0.25) is 0 Å². The topological polar surface area (TPSA) is 18.5 Å². The van der Waals surface area contributed by atoms with E-state index in [1.807, 2.05) is 0 Å². The van der Waals surface area contributed by atoms with E-state index in [1.54, 1.807) is 0 Å². The molecule has 0 aromatic carbocycles. The van der Waals surface area contributed by atoms with E-state index in [0.29, 0.717) is 11.8 Å². The van der Waals surface area contributed by atoms with Crippen LogP contribution in [-0.2, 0) is 9.47 Å². The zero-order chi connectivity index (χ0) is 17.0. The first-order valence-electron chi connectivity index (χ1n) is 9.21. The Labute approximate surface area is 139 Å². The Balaban J connectivity index is 4.27. The van der Waals surface area contributed by atoms with Gasteiger partial charge in [-0.25, -0.2) is 0 Å². The zero-order valence-electron chi connectivity index (χ0n) is 16.2. The van der Waals surface area contributed by atoms with Crippen LogP contribution >= 0.6 is 0 Å². The SMILES string of the molecule is CC(=CC(OCCC(C)C)OCCC(C)C)CCCC(C)C. The maximum absolute atomic E-state index is 5.93. The minimum atomic E-state index is -0.170. The molecule has 0 fully saturated rings. The third-order valence-electron chi connectivity index (χ3n) is 3.73. The molecule has 0 aliphatic rings. The lowest BCUT2D eigenvalue weighted by molar-refractivity contribution is -0.115. The second kappa shape index (κ2) is 13.1. The van der Waals surface area contributed by atoms with Crippen LogP contribution in [0.5, 0.6) is 0 Å². The monoisotopic (exact) mass is 312 g/mol. The normalized spacial score (nSPS) is 13.1. The molecule has 0 aromatic heterocycles. The summed E-state index contributed by atoms with van der Waals surface area (Å²) in [4.78, 5) is 0. The Morgan fingerprint density at radius 1 is 0.773 bits per heavy atom. The van der Waals surface area contributed by atoms with Crippen molar-refractivity contribution in [1.29, 1.82) is 0 Å². The van der Waals surface area contributed by atoms with E-state index in [0.717, 1.165) is 38.4 Å². The molecule has 2 heteroatoms. The third-order valence-corrected chi connectivity index (χ3v) is 3.73. The maximum atomic E-state index is 5.93. The molecule has 0 saturated heterocycles. The Hall–Kier alpha value is -0.340. The molecule has 0 atom stereocenters. The van der Waals surface area contributed by atoms with Crippen molar-refractivity contribution in [1.82, 2.24) is 0 Å².